The molecule has 4 heterocycles. The van der Waals surface area contributed by atoms with Crippen molar-refractivity contribution in [1.29, 1.82) is 0 Å². The number of hydrogen-bond donors (Lipinski definition) is 2. The Morgan fingerprint density at radius 1 is 1.19 bits per heavy atom. The highest BCUT2D eigenvalue weighted by Gasteiger charge is 2.22. The number of carbonyl (C=O) groups excluding carboxylic acids is 3. The van der Waals surface area contributed by atoms with Crippen LogP contribution in [-0.4, -0.2) is 60.3 Å². The highest BCUT2D eigenvalue weighted by Crippen LogP contribution is 2.30. The summed E-state index contributed by atoms with van der Waals surface area (Å²) < 4.78 is 11.2. The van der Waals surface area contributed by atoms with Gasteiger partial charge in [0.05, 0.1) is 29.6 Å². The molecule has 0 atom stereocenters. The minimum Gasteiger partial charge on any atom is -0.447 e. The summed E-state index contributed by atoms with van der Waals surface area (Å²) in [4.78, 5) is 48.0. The standard InChI is InChI=1S/C20H21N5O5S2/c1-11(2)30-20(28)24-16(26)12-4-10-31-18(12)23-17(27)19-22-14-13(32-19)3-5-21-15(14)25-6-8-29-9-7-25/h3-5,10-11H,6-9H2,1-2H3,(H,23,27)(H,24,26,28). The van der Waals surface area contributed by atoms with Gasteiger partial charge in [0.25, 0.3) is 11.8 Å². The number of alkyl carbamates (subject to hydrolysis) is 1. The van der Waals surface area contributed by atoms with Crippen molar-refractivity contribution in [3.63, 3.8) is 0 Å². The number of thiazole rings is 1. The summed E-state index contributed by atoms with van der Waals surface area (Å²) in [7, 11) is 0. The molecule has 2 N–H and O–H groups in total. The Hall–Kier alpha value is -3.09. The van der Waals surface area contributed by atoms with Gasteiger partial charge in [-0.1, -0.05) is 0 Å². The summed E-state index contributed by atoms with van der Waals surface area (Å²) in [6.45, 7) is 6.00. The van der Waals surface area contributed by atoms with Gasteiger partial charge >= 0.3 is 6.09 Å². The van der Waals surface area contributed by atoms with Gasteiger partial charge in [0, 0.05) is 19.3 Å². The third kappa shape index (κ3) is 4.87. The number of thiophene rings is 1. The van der Waals surface area contributed by atoms with Crippen molar-refractivity contribution in [3.05, 3.63) is 34.3 Å². The number of nitrogens with zero attached hydrogens (tertiary/aromatic N) is 3. The maximum atomic E-state index is 12.9. The zero-order chi connectivity index (χ0) is 22.7. The van der Waals surface area contributed by atoms with Crippen LogP contribution in [0.3, 0.4) is 0 Å². The highest BCUT2D eigenvalue weighted by molar-refractivity contribution is 7.20. The van der Waals surface area contributed by atoms with E-state index in [9.17, 15) is 14.4 Å². The van der Waals surface area contributed by atoms with Gasteiger partial charge in [-0.25, -0.2) is 14.8 Å². The molecular weight excluding hydrogens is 454 g/mol. The zero-order valence-corrected chi connectivity index (χ0v) is 19.0. The second kappa shape index (κ2) is 9.59. The molecule has 0 unspecified atom stereocenters. The van der Waals surface area contributed by atoms with Crippen LogP contribution in [0.1, 0.15) is 34.0 Å². The maximum Gasteiger partial charge on any atom is 0.414 e. The summed E-state index contributed by atoms with van der Waals surface area (Å²) in [5.74, 6) is -0.378. The molecule has 1 fully saturated rings. The number of imide groups is 1. The summed E-state index contributed by atoms with van der Waals surface area (Å²) in [5, 5.41) is 7.09. The first-order valence-electron chi connectivity index (χ1n) is 9.91. The summed E-state index contributed by atoms with van der Waals surface area (Å²) in [5.41, 5.74) is 0.825. The lowest BCUT2D eigenvalue weighted by Gasteiger charge is -2.27. The molecule has 1 saturated heterocycles. The summed E-state index contributed by atoms with van der Waals surface area (Å²) in [6.07, 6.45) is 0.494. The monoisotopic (exact) mass is 475 g/mol. The Bertz CT molecular complexity index is 1150. The van der Waals surface area contributed by atoms with E-state index >= 15 is 0 Å². The number of anilines is 2. The van der Waals surface area contributed by atoms with Gasteiger partial charge in [0.2, 0.25) is 0 Å². The molecule has 4 rings (SSSR count). The van der Waals surface area contributed by atoms with Gasteiger partial charge in [0.1, 0.15) is 10.5 Å². The van der Waals surface area contributed by atoms with Crippen LogP contribution in [0.2, 0.25) is 0 Å². The fourth-order valence-corrected chi connectivity index (χ4v) is 4.72. The van der Waals surface area contributed by atoms with Crippen molar-refractivity contribution >= 4 is 61.6 Å². The minimum atomic E-state index is -0.845. The minimum absolute atomic E-state index is 0.167. The fraction of sp³-hybridized carbons (Fsp3) is 0.350. The molecule has 1 aliphatic heterocycles. The number of nitrogens with one attached hydrogen (secondary N) is 2. The molecule has 168 valence electrons. The fourth-order valence-electron chi connectivity index (χ4n) is 3.09. The molecule has 12 heteroatoms. The van der Waals surface area contributed by atoms with Crippen LogP contribution in [-0.2, 0) is 9.47 Å². The van der Waals surface area contributed by atoms with Crippen molar-refractivity contribution in [3.8, 4) is 0 Å². The number of morpholine rings is 1. The van der Waals surface area contributed by atoms with E-state index in [0.29, 0.717) is 36.8 Å². The molecule has 0 bridgehead atoms. The predicted octanol–water partition coefficient (Wildman–Crippen LogP) is 3.12. The van der Waals surface area contributed by atoms with E-state index < -0.39 is 17.9 Å². The van der Waals surface area contributed by atoms with E-state index in [1.807, 2.05) is 6.07 Å². The molecule has 0 spiro atoms. The molecule has 0 saturated carbocycles. The number of rotatable bonds is 5. The van der Waals surface area contributed by atoms with Crippen molar-refractivity contribution in [2.45, 2.75) is 20.0 Å². The Kier molecular flexibility index (Phi) is 6.63. The first kappa shape index (κ1) is 22.1. The van der Waals surface area contributed by atoms with E-state index in [4.69, 9.17) is 9.47 Å². The van der Waals surface area contributed by atoms with Crippen LogP contribution >= 0.6 is 22.7 Å². The molecule has 1 aliphatic rings. The van der Waals surface area contributed by atoms with Crippen molar-refractivity contribution in [2.24, 2.45) is 0 Å². The van der Waals surface area contributed by atoms with Crippen LogP contribution in [0.15, 0.2) is 23.7 Å². The van der Waals surface area contributed by atoms with Gasteiger partial charge < -0.3 is 19.7 Å². The van der Waals surface area contributed by atoms with Crippen molar-refractivity contribution in [1.82, 2.24) is 15.3 Å². The number of hydrogen-bond acceptors (Lipinski definition) is 10. The average molecular weight is 476 g/mol. The van der Waals surface area contributed by atoms with E-state index in [1.165, 1.54) is 28.7 Å². The number of carbonyl (C=O) groups is 3. The molecule has 3 aromatic heterocycles. The third-order valence-electron chi connectivity index (χ3n) is 4.49. The molecule has 3 aromatic rings. The van der Waals surface area contributed by atoms with Gasteiger partial charge in [-0.2, -0.15) is 0 Å². The highest BCUT2D eigenvalue weighted by atomic mass is 32.1. The number of aromatic nitrogens is 2. The molecular formula is C20H21N5O5S2. The lowest BCUT2D eigenvalue weighted by atomic mass is 10.3. The SMILES string of the molecule is CC(C)OC(=O)NC(=O)c1ccsc1NC(=O)c1nc2c(N3CCOCC3)nccc2s1. The number of amides is 3. The van der Waals surface area contributed by atoms with Gasteiger partial charge in [-0.3, -0.25) is 14.9 Å². The summed E-state index contributed by atoms with van der Waals surface area (Å²) in [6, 6.07) is 3.34. The Balaban J connectivity index is 1.51. The van der Waals surface area contributed by atoms with E-state index in [-0.39, 0.29) is 16.7 Å². The van der Waals surface area contributed by atoms with Crippen LogP contribution in [0, 0.1) is 0 Å². The third-order valence-corrected chi connectivity index (χ3v) is 6.34. The largest absolute Gasteiger partial charge is 0.447 e. The van der Waals surface area contributed by atoms with Crippen LogP contribution in [0.4, 0.5) is 15.6 Å². The van der Waals surface area contributed by atoms with Gasteiger partial charge in [-0.15, -0.1) is 22.7 Å². The molecule has 3 amide bonds. The van der Waals surface area contributed by atoms with Crippen molar-refractivity contribution in [2.75, 3.05) is 36.5 Å². The van der Waals surface area contributed by atoms with Crippen LogP contribution < -0.4 is 15.5 Å². The first-order valence-corrected chi connectivity index (χ1v) is 11.6. The molecule has 32 heavy (non-hydrogen) atoms. The summed E-state index contributed by atoms with van der Waals surface area (Å²) >= 11 is 2.42. The molecule has 0 aliphatic carbocycles. The average Bonchev–Trinajstić information content (AvgIpc) is 3.40. The molecule has 0 radical (unpaired) electrons. The first-order chi connectivity index (χ1) is 15.4. The van der Waals surface area contributed by atoms with Crippen molar-refractivity contribution < 1.29 is 23.9 Å². The number of fused-ring (bicyclic) bond motifs is 1. The zero-order valence-electron chi connectivity index (χ0n) is 17.4. The Morgan fingerprint density at radius 3 is 2.72 bits per heavy atom. The van der Waals surface area contributed by atoms with Crippen LogP contribution in [0.5, 0.6) is 0 Å². The topological polar surface area (TPSA) is 123 Å². The van der Waals surface area contributed by atoms with E-state index in [1.54, 1.807) is 25.4 Å². The van der Waals surface area contributed by atoms with E-state index in [2.05, 4.69) is 25.5 Å². The number of ether oxygens (including phenoxy) is 2. The second-order valence-corrected chi connectivity index (χ2v) is 9.07. The van der Waals surface area contributed by atoms with Gasteiger partial charge in [-0.05, 0) is 31.4 Å². The maximum absolute atomic E-state index is 12.9. The van der Waals surface area contributed by atoms with Crippen LogP contribution in [0.25, 0.3) is 10.2 Å². The second-order valence-electron chi connectivity index (χ2n) is 7.13. The smallest absolute Gasteiger partial charge is 0.414 e. The predicted molar refractivity (Wildman–Crippen MR) is 122 cm³/mol. The quantitative estimate of drug-likeness (QED) is 0.577. The Labute approximate surface area is 191 Å². The van der Waals surface area contributed by atoms with Gasteiger partial charge in [0.15, 0.2) is 10.8 Å². The van der Waals surface area contributed by atoms with E-state index in [0.717, 1.165) is 10.5 Å². The Morgan fingerprint density at radius 2 is 1.97 bits per heavy atom. The normalized spacial score (nSPS) is 13.9. The molecule has 10 nitrogen and oxygen atoms in total. The lowest BCUT2D eigenvalue weighted by Crippen LogP contribution is -2.36. The molecule has 0 aromatic carbocycles. The number of pyridine rings is 1. The lowest BCUT2D eigenvalue weighted by molar-refractivity contribution is 0.0877.